The molecular formula is C71H48N6O2. The van der Waals surface area contributed by atoms with E-state index >= 15 is 9.59 Å². The van der Waals surface area contributed by atoms with Gasteiger partial charge in [0.2, 0.25) is 0 Å². The molecule has 0 saturated heterocycles. The van der Waals surface area contributed by atoms with Crippen LogP contribution in [-0.4, -0.2) is 31.3 Å². The van der Waals surface area contributed by atoms with Crippen LogP contribution in [0.1, 0.15) is 20.7 Å². The predicted molar refractivity (Wildman–Crippen MR) is 320 cm³/mol. The molecule has 0 bridgehead atoms. The average Bonchev–Trinajstić information content (AvgIpc) is 4.14. The number of benzene rings is 9. The third-order valence-corrected chi connectivity index (χ3v) is 14.3. The van der Waals surface area contributed by atoms with Gasteiger partial charge in [0, 0.05) is 85.6 Å². The fraction of sp³-hybridized carbons (Fsp3) is 0. The molecule has 0 aliphatic heterocycles. The van der Waals surface area contributed by atoms with Crippen LogP contribution in [0.2, 0.25) is 0 Å². The molecule has 0 aliphatic carbocycles. The molecule has 13 rings (SSSR count). The standard InChI is InChI=1S/C71H48N6O2/c78-70(75(56-18-4-1-5-19-56)59-37-33-50(34-38-59)64-26-13-16-44-73-64)54-46-53(47-55(48-54)71(79)76(57-20-6-2-7-21-57)60-39-35-51(36-40-60)65-27-14-17-45-74-65)61-41-42-67-69(62-24-10-11-28-66(62)77(67)58-22-8-3-9-23-58)68(61)52-31-29-49(30-32-52)63-25-12-15-43-72-63/h1-48H. The number of para-hydroxylation sites is 4. The van der Waals surface area contributed by atoms with Crippen molar-refractivity contribution in [3.05, 3.63) is 303 Å². The summed E-state index contributed by atoms with van der Waals surface area (Å²) in [5.41, 5.74) is 15.1. The number of nitrogens with zero attached hydrogens (tertiary/aromatic N) is 6. The van der Waals surface area contributed by atoms with Crippen LogP contribution in [0.3, 0.4) is 0 Å². The van der Waals surface area contributed by atoms with E-state index in [9.17, 15) is 0 Å². The summed E-state index contributed by atoms with van der Waals surface area (Å²) in [6, 6.07) is 89.9. The van der Waals surface area contributed by atoms with Crippen molar-refractivity contribution in [1.82, 2.24) is 19.5 Å². The number of hydrogen-bond donors (Lipinski definition) is 0. The van der Waals surface area contributed by atoms with Gasteiger partial charge in [-0.2, -0.15) is 0 Å². The quantitative estimate of drug-likeness (QED) is 0.122. The molecule has 8 heteroatoms. The molecule has 9 aromatic carbocycles. The lowest BCUT2D eigenvalue weighted by molar-refractivity contribution is 0.0998. The molecule has 0 saturated carbocycles. The first-order chi connectivity index (χ1) is 39.0. The van der Waals surface area contributed by atoms with Gasteiger partial charge in [0.1, 0.15) is 0 Å². The van der Waals surface area contributed by atoms with Crippen molar-refractivity contribution in [3.63, 3.8) is 0 Å². The van der Waals surface area contributed by atoms with Crippen LogP contribution in [0.25, 0.3) is 83.5 Å². The fourth-order valence-corrected chi connectivity index (χ4v) is 10.6. The molecule has 0 atom stereocenters. The van der Waals surface area contributed by atoms with Crippen molar-refractivity contribution in [1.29, 1.82) is 0 Å². The van der Waals surface area contributed by atoms with E-state index in [1.165, 1.54) is 0 Å². The summed E-state index contributed by atoms with van der Waals surface area (Å²) in [7, 11) is 0. The first-order valence-electron chi connectivity index (χ1n) is 26.1. The summed E-state index contributed by atoms with van der Waals surface area (Å²) >= 11 is 0. The lowest BCUT2D eigenvalue weighted by Crippen LogP contribution is -2.28. The lowest BCUT2D eigenvalue weighted by atomic mass is 9.88. The lowest BCUT2D eigenvalue weighted by Gasteiger charge is -2.26. The number of fused-ring (bicyclic) bond motifs is 3. The van der Waals surface area contributed by atoms with Crippen molar-refractivity contribution in [3.8, 4) is 61.7 Å². The minimum atomic E-state index is -0.318. The van der Waals surface area contributed by atoms with E-state index in [-0.39, 0.29) is 11.8 Å². The number of pyridine rings is 3. The molecule has 13 aromatic rings. The summed E-state index contributed by atoms with van der Waals surface area (Å²) < 4.78 is 2.31. The Morgan fingerprint density at radius 3 is 1.20 bits per heavy atom. The topological polar surface area (TPSA) is 84.2 Å². The molecule has 0 fully saturated rings. The fourth-order valence-electron chi connectivity index (χ4n) is 10.6. The van der Waals surface area contributed by atoms with Crippen molar-refractivity contribution in [2.24, 2.45) is 0 Å². The maximum Gasteiger partial charge on any atom is 0.262 e. The summed E-state index contributed by atoms with van der Waals surface area (Å²) in [6.07, 6.45) is 5.35. The highest BCUT2D eigenvalue weighted by Gasteiger charge is 2.28. The Labute approximate surface area is 457 Å². The second-order valence-electron chi connectivity index (χ2n) is 19.1. The van der Waals surface area contributed by atoms with E-state index in [4.69, 9.17) is 0 Å². The van der Waals surface area contributed by atoms with Gasteiger partial charge in [0.25, 0.3) is 11.8 Å². The Morgan fingerprint density at radius 2 is 0.734 bits per heavy atom. The number of hydrogen-bond acceptors (Lipinski definition) is 5. The minimum Gasteiger partial charge on any atom is -0.309 e. The zero-order valence-corrected chi connectivity index (χ0v) is 42.7. The Balaban J connectivity index is 1.05. The van der Waals surface area contributed by atoms with Crippen LogP contribution in [0.15, 0.2) is 292 Å². The molecule has 0 radical (unpaired) electrons. The molecule has 0 aliphatic rings. The van der Waals surface area contributed by atoms with E-state index in [2.05, 4.69) is 104 Å². The van der Waals surface area contributed by atoms with E-state index in [0.717, 1.165) is 78.0 Å². The van der Waals surface area contributed by atoms with Gasteiger partial charge in [-0.3, -0.25) is 34.3 Å². The van der Waals surface area contributed by atoms with Crippen molar-refractivity contribution in [2.75, 3.05) is 9.80 Å². The Morgan fingerprint density at radius 1 is 0.329 bits per heavy atom. The Bertz CT molecular complexity index is 4130. The van der Waals surface area contributed by atoms with Crippen LogP contribution in [0.4, 0.5) is 22.7 Å². The Hall–Kier alpha value is -10.8. The van der Waals surface area contributed by atoms with Crippen molar-refractivity contribution < 1.29 is 9.59 Å². The van der Waals surface area contributed by atoms with Crippen molar-refractivity contribution in [2.45, 2.75) is 0 Å². The van der Waals surface area contributed by atoms with Crippen LogP contribution in [-0.2, 0) is 0 Å². The van der Waals surface area contributed by atoms with Crippen LogP contribution in [0.5, 0.6) is 0 Å². The predicted octanol–water partition coefficient (Wildman–Crippen LogP) is 17.3. The second kappa shape index (κ2) is 21.1. The number of aromatic nitrogens is 4. The largest absolute Gasteiger partial charge is 0.309 e. The zero-order chi connectivity index (χ0) is 53.1. The Kier molecular flexibility index (Phi) is 12.8. The maximum absolute atomic E-state index is 16.0. The normalized spacial score (nSPS) is 11.1. The number of anilines is 4. The summed E-state index contributed by atoms with van der Waals surface area (Å²) in [4.78, 5) is 49.2. The van der Waals surface area contributed by atoms with Gasteiger partial charge in [-0.05, 0) is 150 Å². The third kappa shape index (κ3) is 9.30. The molecule has 374 valence electrons. The molecular weight excluding hydrogens is 969 g/mol. The molecule has 79 heavy (non-hydrogen) atoms. The van der Waals surface area contributed by atoms with E-state index < -0.39 is 0 Å². The van der Waals surface area contributed by atoms with Gasteiger partial charge in [0.05, 0.1) is 28.1 Å². The van der Waals surface area contributed by atoms with Gasteiger partial charge in [0.15, 0.2) is 0 Å². The molecule has 0 unspecified atom stereocenters. The molecule has 2 amide bonds. The zero-order valence-electron chi connectivity index (χ0n) is 42.7. The van der Waals surface area contributed by atoms with Crippen molar-refractivity contribution >= 4 is 56.4 Å². The second-order valence-corrected chi connectivity index (χ2v) is 19.1. The molecule has 0 spiro atoms. The number of carbonyl (C=O) groups is 2. The molecule has 4 heterocycles. The van der Waals surface area contributed by atoms with Gasteiger partial charge >= 0.3 is 0 Å². The van der Waals surface area contributed by atoms with Crippen LogP contribution in [0, 0.1) is 0 Å². The van der Waals surface area contributed by atoms with Crippen LogP contribution < -0.4 is 9.80 Å². The molecule has 0 N–H and O–H groups in total. The number of carbonyl (C=O) groups excluding carboxylic acids is 2. The number of rotatable bonds is 12. The van der Waals surface area contributed by atoms with Gasteiger partial charge in [-0.15, -0.1) is 0 Å². The molecule has 4 aromatic heterocycles. The smallest absolute Gasteiger partial charge is 0.262 e. The van der Waals surface area contributed by atoms with E-state index in [0.29, 0.717) is 39.4 Å². The minimum absolute atomic E-state index is 0.318. The monoisotopic (exact) mass is 1020 g/mol. The van der Waals surface area contributed by atoms with Gasteiger partial charge in [-0.1, -0.05) is 146 Å². The number of amides is 2. The van der Waals surface area contributed by atoms with Crippen LogP contribution >= 0.6 is 0 Å². The first-order valence-corrected chi connectivity index (χ1v) is 26.1. The highest BCUT2D eigenvalue weighted by Crippen LogP contribution is 2.45. The van der Waals surface area contributed by atoms with E-state index in [1.807, 2.05) is 182 Å². The third-order valence-electron chi connectivity index (χ3n) is 14.3. The molecule has 8 nitrogen and oxygen atoms in total. The summed E-state index contributed by atoms with van der Waals surface area (Å²) in [5, 5.41) is 2.09. The SMILES string of the molecule is O=C(c1cc(C(=O)N(c2ccccc2)c2ccc(-c3ccccn3)cc2)cc(-c2ccc3c(c2-c2ccc(-c4ccccn4)cc2)c2ccccc2n3-c2ccccc2)c1)N(c1ccccc1)c1ccc(-c2ccccn2)cc1. The average molecular weight is 1020 g/mol. The highest BCUT2D eigenvalue weighted by atomic mass is 16.2. The summed E-state index contributed by atoms with van der Waals surface area (Å²) in [6.45, 7) is 0. The first kappa shape index (κ1) is 47.9. The summed E-state index contributed by atoms with van der Waals surface area (Å²) in [5.74, 6) is -0.636. The van der Waals surface area contributed by atoms with E-state index in [1.54, 1.807) is 34.5 Å². The van der Waals surface area contributed by atoms with Gasteiger partial charge < -0.3 is 4.57 Å². The highest BCUT2D eigenvalue weighted by molar-refractivity contribution is 6.20. The maximum atomic E-state index is 16.0. The van der Waals surface area contributed by atoms with Gasteiger partial charge in [-0.25, -0.2) is 0 Å².